The summed E-state index contributed by atoms with van der Waals surface area (Å²) in [5, 5.41) is 4.58. The smallest absolute Gasteiger partial charge is 0.0521 e. The molecular formula is C17H29ClN2. The zero-order chi connectivity index (χ0) is 15.2. The molecule has 1 aromatic rings. The topological polar surface area (TPSA) is 15.3 Å². The van der Waals surface area contributed by atoms with Gasteiger partial charge in [-0.3, -0.25) is 0 Å². The Morgan fingerprint density at radius 2 is 1.75 bits per heavy atom. The first-order valence-electron chi connectivity index (χ1n) is 7.68. The van der Waals surface area contributed by atoms with Crippen LogP contribution in [0.1, 0.15) is 51.6 Å². The highest BCUT2D eigenvalue weighted by Crippen LogP contribution is 2.38. The lowest BCUT2D eigenvalue weighted by atomic mass is 9.79. The SMILES string of the molecule is CCCNC(c1ccccc1Cl)C(CC)(CC)N(C)C. The van der Waals surface area contributed by atoms with E-state index >= 15 is 0 Å². The van der Waals surface area contributed by atoms with Crippen LogP contribution in [0.2, 0.25) is 5.02 Å². The van der Waals surface area contributed by atoms with Crippen molar-refractivity contribution in [2.24, 2.45) is 0 Å². The molecule has 0 aromatic heterocycles. The Morgan fingerprint density at radius 1 is 1.15 bits per heavy atom. The Bertz CT molecular complexity index is 400. The minimum Gasteiger partial charge on any atom is -0.308 e. The summed E-state index contributed by atoms with van der Waals surface area (Å²) in [5.74, 6) is 0. The first kappa shape index (κ1) is 17.5. The molecule has 0 amide bonds. The summed E-state index contributed by atoms with van der Waals surface area (Å²) < 4.78 is 0. The summed E-state index contributed by atoms with van der Waals surface area (Å²) in [6.45, 7) is 7.74. The average Bonchev–Trinajstić information content (AvgIpc) is 2.44. The molecule has 0 saturated heterocycles. The summed E-state index contributed by atoms with van der Waals surface area (Å²) in [4.78, 5) is 2.35. The summed E-state index contributed by atoms with van der Waals surface area (Å²) >= 11 is 6.46. The Labute approximate surface area is 129 Å². The normalized spacial score (nSPS) is 13.8. The van der Waals surface area contributed by atoms with E-state index in [1.807, 2.05) is 12.1 Å². The van der Waals surface area contributed by atoms with Crippen LogP contribution in [-0.4, -0.2) is 31.1 Å². The molecule has 0 fully saturated rings. The Kier molecular flexibility index (Phi) is 7.01. The number of nitrogens with zero attached hydrogens (tertiary/aromatic N) is 1. The Hall–Kier alpha value is -0.570. The molecule has 0 bridgehead atoms. The molecule has 1 rings (SSSR count). The fourth-order valence-corrected chi connectivity index (χ4v) is 3.38. The molecule has 0 saturated carbocycles. The number of benzene rings is 1. The quantitative estimate of drug-likeness (QED) is 0.760. The van der Waals surface area contributed by atoms with E-state index < -0.39 is 0 Å². The second-order valence-electron chi connectivity index (χ2n) is 5.61. The first-order chi connectivity index (χ1) is 9.53. The van der Waals surface area contributed by atoms with Crippen molar-refractivity contribution in [2.75, 3.05) is 20.6 Å². The summed E-state index contributed by atoms with van der Waals surface area (Å²) in [5.41, 5.74) is 1.29. The zero-order valence-corrected chi connectivity index (χ0v) is 14.3. The highest BCUT2D eigenvalue weighted by Gasteiger charge is 2.39. The van der Waals surface area contributed by atoms with Crippen LogP contribution in [-0.2, 0) is 0 Å². The molecule has 1 atom stereocenters. The minimum absolute atomic E-state index is 0.0835. The van der Waals surface area contributed by atoms with Crippen molar-refractivity contribution in [2.45, 2.75) is 51.6 Å². The fraction of sp³-hybridized carbons (Fsp3) is 0.647. The minimum atomic E-state index is 0.0835. The van der Waals surface area contributed by atoms with E-state index in [2.05, 4.69) is 57.2 Å². The second kappa shape index (κ2) is 8.02. The maximum Gasteiger partial charge on any atom is 0.0521 e. The van der Waals surface area contributed by atoms with Crippen LogP contribution in [0, 0.1) is 0 Å². The molecule has 1 unspecified atom stereocenters. The number of nitrogens with one attached hydrogen (secondary N) is 1. The van der Waals surface area contributed by atoms with Crippen molar-refractivity contribution >= 4 is 11.6 Å². The maximum absolute atomic E-state index is 6.46. The van der Waals surface area contributed by atoms with Gasteiger partial charge >= 0.3 is 0 Å². The number of halogens is 1. The van der Waals surface area contributed by atoms with Crippen LogP contribution in [0.25, 0.3) is 0 Å². The Morgan fingerprint density at radius 3 is 2.20 bits per heavy atom. The molecule has 1 N–H and O–H groups in total. The standard InChI is InChI=1S/C17H29ClN2/c1-6-13-19-16(14-11-9-10-12-15(14)18)17(7-2,8-3)20(4)5/h9-12,16,19H,6-8,13H2,1-5H3. The molecule has 114 valence electrons. The van der Waals surface area contributed by atoms with Gasteiger partial charge in [0, 0.05) is 10.6 Å². The van der Waals surface area contributed by atoms with Gasteiger partial charge < -0.3 is 10.2 Å². The number of likely N-dealkylation sites (N-methyl/N-ethyl adjacent to an activating group) is 1. The number of rotatable bonds is 8. The van der Waals surface area contributed by atoms with Crippen LogP contribution < -0.4 is 5.32 Å². The zero-order valence-electron chi connectivity index (χ0n) is 13.5. The van der Waals surface area contributed by atoms with Crippen molar-refractivity contribution < 1.29 is 0 Å². The molecule has 0 aliphatic rings. The van der Waals surface area contributed by atoms with Crippen LogP contribution in [0.3, 0.4) is 0 Å². The molecule has 2 nitrogen and oxygen atoms in total. The van der Waals surface area contributed by atoms with Gasteiger partial charge in [-0.2, -0.15) is 0 Å². The van der Waals surface area contributed by atoms with E-state index in [0.29, 0.717) is 0 Å². The molecule has 0 spiro atoms. The third-order valence-electron chi connectivity index (χ3n) is 4.47. The van der Waals surface area contributed by atoms with E-state index in [0.717, 1.165) is 30.8 Å². The molecule has 0 aliphatic carbocycles. The van der Waals surface area contributed by atoms with Crippen molar-refractivity contribution in [1.82, 2.24) is 10.2 Å². The van der Waals surface area contributed by atoms with Crippen molar-refractivity contribution in [1.29, 1.82) is 0 Å². The van der Waals surface area contributed by atoms with E-state index in [9.17, 15) is 0 Å². The second-order valence-corrected chi connectivity index (χ2v) is 6.02. The van der Waals surface area contributed by atoms with Crippen molar-refractivity contribution in [3.63, 3.8) is 0 Å². The van der Waals surface area contributed by atoms with Crippen LogP contribution in [0.15, 0.2) is 24.3 Å². The van der Waals surface area contributed by atoms with Crippen molar-refractivity contribution in [3.05, 3.63) is 34.9 Å². The fourth-order valence-electron chi connectivity index (χ4n) is 3.14. The van der Waals surface area contributed by atoms with E-state index in [1.165, 1.54) is 5.56 Å². The van der Waals surface area contributed by atoms with Gasteiger partial charge in [0.2, 0.25) is 0 Å². The van der Waals surface area contributed by atoms with Gasteiger partial charge in [-0.15, -0.1) is 0 Å². The first-order valence-corrected chi connectivity index (χ1v) is 8.06. The predicted octanol–water partition coefficient (Wildman–Crippen LogP) is 4.50. The molecule has 0 radical (unpaired) electrons. The van der Waals surface area contributed by atoms with Gasteiger partial charge in [0.25, 0.3) is 0 Å². The van der Waals surface area contributed by atoms with E-state index in [4.69, 9.17) is 11.6 Å². The highest BCUT2D eigenvalue weighted by atomic mass is 35.5. The summed E-state index contributed by atoms with van der Waals surface area (Å²) in [6.07, 6.45) is 3.30. The molecular weight excluding hydrogens is 268 g/mol. The molecule has 0 aliphatic heterocycles. The predicted molar refractivity (Wildman–Crippen MR) is 89.5 cm³/mol. The van der Waals surface area contributed by atoms with Gasteiger partial charge in [-0.25, -0.2) is 0 Å². The van der Waals surface area contributed by atoms with Crippen molar-refractivity contribution in [3.8, 4) is 0 Å². The number of hydrogen-bond acceptors (Lipinski definition) is 2. The lowest BCUT2D eigenvalue weighted by molar-refractivity contribution is 0.0881. The van der Waals surface area contributed by atoms with Crippen LogP contribution >= 0.6 is 11.6 Å². The lowest BCUT2D eigenvalue weighted by Gasteiger charge is -2.46. The molecule has 3 heteroatoms. The lowest BCUT2D eigenvalue weighted by Crippen LogP contribution is -2.53. The molecule has 0 heterocycles. The van der Waals surface area contributed by atoms with Gasteiger partial charge in [0.1, 0.15) is 0 Å². The Balaban J connectivity index is 3.26. The van der Waals surface area contributed by atoms with Gasteiger partial charge in [-0.05, 0) is 51.5 Å². The monoisotopic (exact) mass is 296 g/mol. The summed E-state index contributed by atoms with van der Waals surface area (Å²) in [6, 6.07) is 8.47. The van der Waals surface area contributed by atoms with E-state index in [-0.39, 0.29) is 11.6 Å². The largest absolute Gasteiger partial charge is 0.308 e. The maximum atomic E-state index is 6.46. The molecule has 1 aromatic carbocycles. The van der Waals surface area contributed by atoms with Gasteiger partial charge in [0.05, 0.1) is 6.04 Å². The van der Waals surface area contributed by atoms with Crippen LogP contribution in [0.5, 0.6) is 0 Å². The number of hydrogen-bond donors (Lipinski definition) is 1. The summed E-state index contributed by atoms with van der Waals surface area (Å²) in [7, 11) is 4.34. The van der Waals surface area contributed by atoms with Crippen LogP contribution in [0.4, 0.5) is 0 Å². The third kappa shape index (κ3) is 3.55. The third-order valence-corrected chi connectivity index (χ3v) is 4.81. The van der Waals surface area contributed by atoms with Gasteiger partial charge in [0.15, 0.2) is 0 Å². The highest BCUT2D eigenvalue weighted by molar-refractivity contribution is 6.31. The molecule has 20 heavy (non-hydrogen) atoms. The van der Waals surface area contributed by atoms with E-state index in [1.54, 1.807) is 0 Å². The average molecular weight is 297 g/mol. The van der Waals surface area contributed by atoms with Gasteiger partial charge in [-0.1, -0.05) is 50.6 Å².